The molecule has 2 rings (SSSR count). The summed E-state index contributed by atoms with van der Waals surface area (Å²) in [4.78, 5) is 0.938. The highest BCUT2D eigenvalue weighted by molar-refractivity contribution is 7.10. The minimum absolute atomic E-state index is 0.286. The summed E-state index contributed by atoms with van der Waals surface area (Å²) in [5.41, 5.74) is 1.08. The van der Waals surface area contributed by atoms with Gasteiger partial charge < -0.3 is 15.5 Å². The van der Waals surface area contributed by atoms with E-state index < -0.39 is 5.60 Å². The molecule has 0 saturated heterocycles. The first-order valence-corrected chi connectivity index (χ1v) is 7.12. The average molecular weight is 277 g/mol. The van der Waals surface area contributed by atoms with E-state index in [0.717, 1.165) is 16.0 Å². The van der Waals surface area contributed by atoms with Crippen LogP contribution in [0.1, 0.15) is 22.9 Å². The maximum absolute atomic E-state index is 10.4. The van der Waals surface area contributed by atoms with Crippen molar-refractivity contribution in [3.63, 3.8) is 0 Å². The van der Waals surface area contributed by atoms with Crippen LogP contribution in [-0.2, 0) is 12.1 Å². The zero-order chi connectivity index (χ0) is 13.9. The van der Waals surface area contributed by atoms with Gasteiger partial charge in [0.15, 0.2) is 0 Å². The van der Waals surface area contributed by atoms with Crippen LogP contribution in [0.25, 0.3) is 0 Å². The number of nitrogens with one attached hydrogen (secondary N) is 1. The quantitative estimate of drug-likeness (QED) is 0.787. The van der Waals surface area contributed by atoms with Crippen molar-refractivity contribution in [3.8, 4) is 5.75 Å². The van der Waals surface area contributed by atoms with Gasteiger partial charge in [0, 0.05) is 23.5 Å². The molecule has 0 bridgehead atoms. The molecular formula is C15H19NO2S. The number of benzene rings is 1. The molecule has 1 aromatic heterocycles. The van der Waals surface area contributed by atoms with E-state index in [1.807, 2.05) is 36.6 Å². The Bertz CT molecular complexity index is 535. The molecule has 3 N–H and O–H groups in total. The van der Waals surface area contributed by atoms with Crippen LogP contribution in [0.3, 0.4) is 0 Å². The molecular weight excluding hydrogens is 258 g/mol. The maximum Gasteiger partial charge on any atom is 0.120 e. The van der Waals surface area contributed by atoms with Crippen LogP contribution in [0.15, 0.2) is 35.7 Å². The van der Waals surface area contributed by atoms with Gasteiger partial charge in [-0.1, -0.05) is 23.8 Å². The first kappa shape index (κ1) is 14.1. The van der Waals surface area contributed by atoms with E-state index in [-0.39, 0.29) is 5.75 Å². The fourth-order valence-electron chi connectivity index (χ4n) is 1.97. The second-order valence-electron chi connectivity index (χ2n) is 4.99. The number of phenols is 1. The van der Waals surface area contributed by atoms with Crippen LogP contribution < -0.4 is 5.32 Å². The standard InChI is InChI=1S/C15H19NO2S/c1-11-5-6-13(17)12(8-11)9-16-10-15(2,18)14-4-3-7-19-14/h3-8,16-18H,9-10H2,1-2H3. The number of aliphatic hydroxyl groups is 1. The third-order valence-electron chi connectivity index (χ3n) is 3.07. The Morgan fingerprint density at radius 3 is 2.79 bits per heavy atom. The average Bonchev–Trinajstić information content (AvgIpc) is 2.88. The Hall–Kier alpha value is -1.36. The number of aryl methyl sites for hydroxylation is 1. The molecule has 0 radical (unpaired) electrons. The highest BCUT2D eigenvalue weighted by atomic mass is 32.1. The van der Waals surface area contributed by atoms with Crippen molar-refractivity contribution < 1.29 is 10.2 Å². The summed E-state index contributed by atoms with van der Waals surface area (Å²) >= 11 is 1.54. The van der Waals surface area contributed by atoms with Gasteiger partial charge in [0.2, 0.25) is 0 Å². The molecule has 19 heavy (non-hydrogen) atoms. The van der Waals surface area contributed by atoms with E-state index in [0.29, 0.717) is 13.1 Å². The van der Waals surface area contributed by atoms with Gasteiger partial charge in [-0.3, -0.25) is 0 Å². The zero-order valence-corrected chi connectivity index (χ0v) is 12.0. The van der Waals surface area contributed by atoms with Gasteiger partial charge in [0.25, 0.3) is 0 Å². The molecule has 1 unspecified atom stereocenters. The lowest BCUT2D eigenvalue weighted by Crippen LogP contribution is -2.34. The van der Waals surface area contributed by atoms with E-state index in [1.165, 1.54) is 0 Å². The van der Waals surface area contributed by atoms with Crippen LogP contribution in [0, 0.1) is 6.92 Å². The van der Waals surface area contributed by atoms with Crippen molar-refractivity contribution in [2.24, 2.45) is 0 Å². The zero-order valence-electron chi connectivity index (χ0n) is 11.2. The number of hydrogen-bond acceptors (Lipinski definition) is 4. The molecule has 3 nitrogen and oxygen atoms in total. The number of hydrogen-bond donors (Lipinski definition) is 3. The molecule has 0 saturated carbocycles. The molecule has 0 spiro atoms. The normalized spacial score (nSPS) is 14.3. The van der Waals surface area contributed by atoms with Crippen molar-refractivity contribution >= 4 is 11.3 Å². The van der Waals surface area contributed by atoms with Crippen molar-refractivity contribution in [2.45, 2.75) is 26.0 Å². The fraction of sp³-hybridized carbons (Fsp3) is 0.333. The monoisotopic (exact) mass is 277 g/mol. The molecule has 1 atom stereocenters. The number of phenolic OH excluding ortho intramolecular Hbond substituents is 1. The summed E-state index contributed by atoms with van der Waals surface area (Å²) in [5, 5.41) is 25.3. The van der Waals surface area contributed by atoms with Crippen molar-refractivity contribution in [2.75, 3.05) is 6.54 Å². The molecule has 0 aliphatic heterocycles. The van der Waals surface area contributed by atoms with E-state index in [2.05, 4.69) is 5.32 Å². The maximum atomic E-state index is 10.4. The summed E-state index contributed by atoms with van der Waals surface area (Å²) in [5.74, 6) is 0.286. The first-order valence-electron chi connectivity index (χ1n) is 6.24. The van der Waals surface area contributed by atoms with E-state index in [1.54, 1.807) is 24.3 Å². The van der Waals surface area contributed by atoms with E-state index >= 15 is 0 Å². The minimum Gasteiger partial charge on any atom is -0.508 e. The van der Waals surface area contributed by atoms with Crippen LogP contribution in [0.4, 0.5) is 0 Å². The minimum atomic E-state index is -0.881. The summed E-state index contributed by atoms with van der Waals surface area (Å²) in [7, 11) is 0. The molecule has 0 amide bonds. The summed E-state index contributed by atoms with van der Waals surface area (Å²) in [6.07, 6.45) is 0. The van der Waals surface area contributed by atoms with Crippen molar-refractivity contribution in [3.05, 3.63) is 51.7 Å². The summed E-state index contributed by atoms with van der Waals surface area (Å²) in [6.45, 7) is 4.77. The van der Waals surface area contributed by atoms with Gasteiger partial charge >= 0.3 is 0 Å². The number of aromatic hydroxyl groups is 1. The SMILES string of the molecule is Cc1ccc(O)c(CNCC(C)(O)c2cccs2)c1. The highest BCUT2D eigenvalue weighted by Gasteiger charge is 2.23. The molecule has 0 fully saturated rings. The van der Waals surface area contributed by atoms with Gasteiger partial charge in [-0.25, -0.2) is 0 Å². The highest BCUT2D eigenvalue weighted by Crippen LogP contribution is 2.25. The molecule has 1 aromatic carbocycles. The van der Waals surface area contributed by atoms with Gasteiger partial charge in [0.1, 0.15) is 11.4 Å². The fourth-order valence-corrected chi connectivity index (χ4v) is 2.76. The predicted octanol–water partition coefficient (Wildman–Crippen LogP) is 2.76. The Morgan fingerprint density at radius 1 is 1.32 bits per heavy atom. The van der Waals surface area contributed by atoms with Gasteiger partial charge in [-0.05, 0) is 31.4 Å². The van der Waals surface area contributed by atoms with Crippen molar-refractivity contribution in [1.82, 2.24) is 5.32 Å². The molecule has 1 heterocycles. The number of rotatable bonds is 5. The topological polar surface area (TPSA) is 52.5 Å². The van der Waals surface area contributed by atoms with E-state index in [9.17, 15) is 10.2 Å². The third-order valence-corrected chi connectivity index (χ3v) is 4.19. The summed E-state index contributed by atoms with van der Waals surface area (Å²) < 4.78 is 0. The van der Waals surface area contributed by atoms with E-state index in [4.69, 9.17) is 0 Å². The van der Waals surface area contributed by atoms with Crippen LogP contribution in [0.2, 0.25) is 0 Å². The van der Waals surface area contributed by atoms with Gasteiger partial charge in [0.05, 0.1) is 0 Å². The molecule has 4 heteroatoms. The Balaban J connectivity index is 1.95. The lowest BCUT2D eigenvalue weighted by molar-refractivity contribution is 0.0604. The Kier molecular flexibility index (Phi) is 4.24. The van der Waals surface area contributed by atoms with Crippen LogP contribution >= 0.6 is 11.3 Å². The van der Waals surface area contributed by atoms with Gasteiger partial charge in [-0.2, -0.15) is 0 Å². The summed E-state index contributed by atoms with van der Waals surface area (Å²) in [6, 6.07) is 9.38. The molecule has 102 valence electrons. The molecule has 0 aliphatic rings. The second kappa shape index (κ2) is 5.74. The smallest absolute Gasteiger partial charge is 0.120 e. The van der Waals surface area contributed by atoms with Crippen molar-refractivity contribution in [1.29, 1.82) is 0 Å². The van der Waals surface area contributed by atoms with Crippen LogP contribution in [-0.4, -0.2) is 16.8 Å². The third kappa shape index (κ3) is 3.56. The second-order valence-corrected chi connectivity index (χ2v) is 5.93. The Labute approximate surface area is 117 Å². The Morgan fingerprint density at radius 2 is 2.11 bits per heavy atom. The molecule has 2 aromatic rings. The number of thiophene rings is 1. The lowest BCUT2D eigenvalue weighted by Gasteiger charge is -2.22. The molecule has 0 aliphatic carbocycles. The van der Waals surface area contributed by atoms with Gasteiger partial charge in [-0.15, -0.1) is 11.3 Å². The predicted molar refractivity (Wildman–Crippen MR) is 78.4 cm³/mol. The van der Waals surface area contributed by atoms with Crippen LogP contribution in [0.5, 0.6) is 5.75 Å². The first-order chi connectivity index (χ1) is 8.99. The largest absolute Gasteiger partial charge is 0.508 e. The lowest BCUT2D eigenvalue weighted by atomic mass is 10.0.